The van der Waals surface area contributed by atoms with Crippen LogP contribution in [0, 0.1) is 0 Å². The molecule has 0 fully saturated rings. The number of rotatable bonds is 4. The molecular formula is C13H16N2O2. The Bertz CT molecular complexity index is 492. The van der Waals surface area contributed by atoms with Gasteiger partial charge in [-0.25, -0.2) is 0 Å². The van der Waals surface area contributed by atoms with Crippen molar-refractivity contribution in [2.24, 2.45) is 0 Å². The minimum atomic E-state index is -0.549. The monoisotopic (exact) mass is 232 g/mol. The lowest BCUT2D eigenvalue weighted by Crippen LogP contribution is -1.95. The average Bonchev–Trinajstić information content (AvgIpc) is 2.77. The molecule has 90 valence electrons. The molecule has 0 aliphatic carbocycles. The summed E-state index contributed by atoms with van der Waals surface area (Å²) in [7, 11) is 0. The first kappa shape index (κ1) is 11.7. The summed E-state index contributed by atoms with van der Waals surface area (Å²) in [5, 5.41) is 13.8. The largest absolute Gasteiger partial charge is 0.454 e. The van der Waals surface area contributed by atoms with E-state index in [0.29, 0.717) is 11.5 Å². The van der Waals surface area contributed by atoms with E-state index < -0.39 is 6.10 Å². The molecule has 4 nitrogen and oxygen atoms in total. The van der Waals surface area contributed by atoms with Crippen molar-refractivity contribution in [1.29, 1.82) is 0 Å². The third-order valence-corrected chi connectivity index (χ3v) is 2.53. The summed E-state index contributed by atoms with van der Waals surface area (Å²) < 4.78 is 7.50. The first-order valence-electron chi connectivity index (χ1n) is 5.68. The van der Waals surface area contributed by atoms with E-state index in [2.05, 4.69) is 5.10 Å². The number of aromatic nitrogens is 2. The van der Waals surface area contributed by atoms with Gasteiger partial charge in [-0.05, 0) is 19.9 Å². The average molecular weight is 232 g/mol. The Hall–Kier alpha value is -1.81. The number of benzene rings is 1. The highest BCUT2D eigenvalue weighted by atomic mass is 16.5. The zero-order valence-electron chi connectivity index (χ0n) is 10.00. The molecule has 17 heavy (non-hydrogen) atoms. The van der Waals surface area contributed by atoms with Gasteiger partial charge in [0.2, 0.25) is 0 Å². The van der Waals surface area contributed by atoms with E-state index in [1.54, 1.807) is 17.8 Å². The van der Waals surface area contributed by atoms with Gasteiger partial charge in [-0.3, -0.25) is 4.68 Å². The number of ether oxygens (including phenoxy) is 1. The predicted molar refractivity (Wildman–Crippen MR) is 65.1 cm³/mol. The SMILES string of the molecule is CCn1cc(Oc2ccccc2C(C)O)cn1. The van der Waals surface area contributed by atoms with E-state index in [9.17, 15) is 5.11 Å². The van der Waals surface area contributed by atoms with Gasteiger partial charge < -0.3 is 9.84 Å². The number of nitrogens with zero attached hydrogens (tertiary/aromatic N) is 2. The molecule has 1 aromatic carbocycles. The number of aryl methyl sites for hydroxylation is 1. The fourth-order valence-electron chi connectivity index (χ4n) is 1.62. The highest BCUT2D eigenvalue weighted by molar-refractivity contribution is 5.37. The first-order valence-corrected chi connectivity index (χ1v) is 5.68. The second kappa shape index (κ2) is 5.01. The number of para-hydroxylation sites is 1. The van der Waals surface area contributed by atoms with Crippen LogP contribution in [0.2, 0.25) is 0 Å². The van der Waals surface area contributed by atoms with Gasteiger partial charge in [-0.1, -0.05) is 18.2 Å². The summed E-state index contributed by atoms with van der Waals surface area (Å²) in [6.07, 6.45) is 2.95. The molecule has 1 aromatic heterocycles. The van der Waals surface area contributed by atoms with Crippen molar-refractivity contribution in [2.45, 2.75) is 26.5 Å². The van der Waals surface area contributed by atoms with Crippen LogP contribution in [0.5, 0.6) is 11.5 Å². The van der Waals surface area contributed by atoms with Crippen LogP contribution in [0.1, 0.15) is 25.5 Å². The highest BCUT2D eigenvalue weighted by Crippen LogP contribution is 2.28. The standard InChI is InChI=1S/C13H16N2O2/c1-3-15-9-11(8-14-15)17-13-7-5-4-6-12(13)10(2)16/h4-10,16H,3H2,1-2H3. The summed E-state index contributed by atoms with van der Waals surface area (Å²) in [6, 6.07) is 7.45. The van der Waals surface area contributed by atoms with Crippen LogP contribution >= 0.6 is 0 Å². The van der Waals surface area contributed by atoms with Gasteiger partial charge in [-0.2, -0.15) is 5.10 Å². The van der Waals surface area contributed by atoms with Crippen LogP contribution in [-0.4, -0.2) is 14.9 Å². The quantitative estimate of drug-likeness (QED) is 0.881. The third kappa shape index (κ3) is 2.65. The van der Waals surface area contributed by atoms with Crippen molar-refractivity contribution in [3.05, 3.63) is 42.2 Å². The van der Waals surface area contributed by atoms with Gasteiger partial charge in [0, 0.05) is 12.1 Å². The number of hydrogen-bond acceptors (Lipinski definition) is 3. The van der Waals surface area contributed by atoms with Gasteiger partial charge in [0.1, 0.15) is 5.75 Å². The fourth-order valence-corrected chi connectivity index (χ4v) is 1.62. The molecule has 0 spiro atoms. The Morgan fingerprint density at radius 3 is 2.82 bits per heavy atom. The topological polar surface area (TPSA) is 47.3 Å². The maximum Gasteiger partial charge on any atom is 0.165 e. The Morgan fingerprint density at radius 2 is 2.18 bits per heavy atom. The second-order valence-corrected chi connectivity index (χ2v) is 3.85. The molecule has 0 radical (unpaired) electrons. The lowest BCUT2D eigenvalue weighted by molar-refractivity contribution is 0.195. The summed E-state index contributed by atoms with van der Waals surface area (Å²) in [6.45, 7) is 4.54. The Balaban J connectivity index is 2.23. The molecule has 0 bridgehead atoms. The van der Waals surface area contributed by atoms with E-state index >= 15 is 0 Å². The zero-order chi connectivity index (χ0) is 12.3. The molecule has 0 saturated carbocycles. The molecule has 0 amide bonds. The maximum atomic E-state index is 9.63. The van der Waals surface area contributed by atoms with Crippen LogP contribution in [0.4, 0.5) is 0 Å². The van der Waals surface area contributed by atoms with Crippen LogP contribution in [0.3, 0.4) is 0 Å². The molecule has 0 aliphatic rings. The smallest absolute Gasteiger partial charge is 0.165 e. The van der Waals surface area contributed by atoms with E-state index in [1.807, 2.05) is 37.4 Å². The number of hydrogen-bond donors (Lipinski definition) is 1. The summed E-state index contributed by atoms with van der Waals surface area (Å²) in [5.74, 6) is 1.35. The van der Waals surface area contributed by atoms with Crippen LogP contribution in [0.25, 0.3) is 0 Å². The van der Waals surface area contributed by atoms with Crippen molar-refractivity contribution < 1.29 is 9.84 Å². The van der Waals surface area contributed by atoms with Crippen molar-refractivity contribution >= 4 is 0 Å². The molecule has 1 heterocycles. The highest BCUT2D eigenvalue weighted by Gasteiger charge is 2.09. The summed E-state index contributed by atoms with van der Waals surface area (Å²) in [4.78, 5) is 0. The molecule has 1 N–H and O–H groups in total. The Kier molecular flexibility index (Phi) is 3.44. The fraction of sp³-hybridized carbons (Fsp3) is 0.308. The van der Waals surface area contributed by atoms with Crippen LogP contribution in [0.15, 0.2) is 36.7 Å². The molecule has 2 rings (SSSR count). The van der Waals surface area contributed by atoms with Crippen molar-refractivity contribution in [2.75, 3.05) is 0 Å². The number of aliphatic hydroxyl groups excluding tert-OH is 1. The van der Waals surface area contributed by atoms with Crippen molar-refractivity contribution in [1.82, 2.24) is 9.78 Å². The Morgan fingerprint density at radius 1 is 1.41 bits per heavy atom. The minimum absolute atomic E-state index is 0.549. The van der Waals surface area contributed by atoms with E-state index in [0.717, 1.165) is 12.1 Å². The molecule has 1 unspecified atom stereocenters. The van der Waals surface area contributed by atoms with Crippen molar-refractivity contribution in [3.63, 3.8) is 0 Å². The van der Waals surface area contributed by atoms with E-state index in [-0.39, 0.29) is 0 Å². The summed E-state index contributed by atoms with van der Waals surface area (Å²) >= 11 is 0. The van der Waals surface area contributed by atoms with E-state index in [4.69, 9.17) is 4.74 Å². The van der Waals surface area contributed by atoms with Gasteiger partial charge in [-0.15, -0.1) is 0 Å². The molecular weight excluding hydrogens is 216 g/mol. The zero-order valence-corrected chi connectivity index (χ0v) is 10.00. The molecule has 4 heteroatoms. The van der Waals surface area contributed by atoms with Crippen LogP contribution < -0.4 is 4.74 Å². The van der Waals surface area contributed by atoms with Gasteiger partial charge in [0.05, 0.1) is 18.5 Å². The summed E-state index contributed by atoms with van der Waals surface area (Å²) in [5.41, 5.74) is 0.775. The van der Waals surface area contributed by atoms with Crippen LogP contribution in [-0.2, 0) is 6.54 Å². The molecule has 2 aromatic rings. The number of aliphatic hydroxyl groups is 1. The molecule has 1 atom stereocenters. The predicted octanol–water partition coefficient (Wildman–Crippen LogP) is 2.75. The first-order chi connectivity index (χ1) is 8.20. The second-order valence-electron chi connectivity index (χ2n) is 3.85. The normalized spacial score (nSPS) is 12.4. The minimum Gasteiger partial charge on any atom is -0.454 e. The lowest BCUT2D eigenvalue weighted by atomic mass is 10.1. The maximum absolute atomic E-state index is 9.63. The van der Waals surface area contributed by atoms with Gasteiger partial charge in [0.15, 0.2) is 5.75 Å². The third-order valence-electron chi connectivity index (χ3n) is 2.53. The van der Waals surface area contributed by atoms with Crippen molar-refractivity contribution in [3.8, 4) is 11.5 Å². The molecule has 0 aliphatic heterocycles. The van der Waals surface area contributed by atoms with Gasteiger partial charge >= 0.3 is 0 Å². The lowest BCUT2D eigenvalue weighted by Gasteiger charge is -2.11. The molecule has 0 saturated heterocycles. The Labute approximate surface area is 100 Å². The van der Waals surface area contributed by atoms with Gasteiger partial charge in [0.25, 0.3) is 0 Å². The van der Waals surface area contributed by atoms with E-state index in [1.165, 1.54) is 0 Å².